The Labute approximate surface area is 181 Å². The normalized spacial score (nSPS) is 11.3. The topological polar surface area (TPSA) is 100 Å². The van der Waals surface area contributed by atoms with Crippen LogP contribution in [0, 0.1) is 0 Å². The highest BCUT2D eigenvalue weighted by Gasteiger charge is 2.36. The zero-order valence-electron chi connectivity index (χ0n) is 17.2. The van der Waals surface area contributed by atoms with Crippen molar-refractivity contribution in [2.45, 2.75) is 12.7 Å². The molecule has 0 aliphatic rings. The molecule has 170 valence electrons. The van der Waals surface area contributed by atoms with Gasteiger partial charge in [-0.15, -0.1) is 0 Å². The molecular formula is C20H20F3N5O4. The molecule has 0 spiro atoms. The number of nitrogens with zero attached hydrogens (tertiary/aromatic N) is 4. The summed E-state index contributed by atoms with van der Waals surface area (Å²) in [6.07, 6.45) is -0.636. The van der Waals surface area contributed by atoms with Gasteiger partial charge in [-0.2, -0.15) is 28.2 Å². The van der Waals surface area contributed by atoms with Crippen LogP contribution in [0.1, 0.15) is 21.5 Å². The molecular weight excluding hydrogens is 431 g/mol. The zero-order chi connectivity index (χ0) is 23.1. The molecule has 2 heterocycles. The molecule has 3 rings (SSSR count). The lowest BCUT2D eigenvalue weighted by atomic mass is 10.1. The van der Waals surface area contributed by atoms with Crippen LogP contribution in [0.4, 0.5) is 18.9 Å². The maximum atomic E-state index is 13.7. The third kappa shape index (κ3) is 5.72. The van der Waals surface area contributed by atoms with Crippen molar-refractivity contribution >= 4 is 11.7 Å². The smallest absolute Gasteiger partial charge is 0.421 e. The third-order valence-electron chi connectivity index (χ3n) is 4.24. The molecule has 0 fully saturated rings. The van der Waals surface area contributed by atoms with Gasteiger partial charge in [0.1, 0.15) is 11.3 Å². The van der Waals surface area contributed by atoms with Gasteiger partial charge in [0.05, 0.1) is 38.2 Å². The van der Waals surface area contributed by atoms with Crippen LogP contribution in [0.2, 0.25) is 0 Å². The first kappa shape index (κ1) is 23.0. The summed E-state index contributed by atoms with van der Waals surface area (Å²) in [6, 6.07) is 5.13. The van der Waals surface area contributed by atoms with Gasteiger partial charge in [0, 0.05) is 25.5 Å². The van der Waals surface area contributed by atoms with Crippen LogP contribution >= 0.6 is 0 Å². The lowest BCUT2D eigenvalue weighted by molar-refractivity contribution is -0.138. The maximum absolute atomic E-state index is 13.7. The fourth-order valence-corrected chi connectivity index (χ4v) is 2.77. The molecule has 1 N–H and O–H groups in total. The van der Waals surface area contributed by atoms with Gasteiger partial charge in [-0.05, 0) is 29.8 Å². The number of nitrogens with one attached hydrogen (secondary N) is 1. The SMILES string of the molecule is COCCNc1ccc(Oc2ncc(Cn3nccn3)cc2C(F)(F)F)cc1C(=O)OC. The van der Waals surface area contributed by atoms with E-state index in [0.29, 0.717) is 18.8 Å². The molecule has 0 aliphatic heterocycles. The van der Waals surface area contributed by atoms with E-state index in [4.69, 9.17) is 14.2 Å². The number of methoxy groups -OCH3 is 2. The number of rotatable bonds is 9. The minimum atomic E-state index is -4.72. The van der Waals surface area contributed by atoms with Crippen molar-refractivity contribution in [1.82, 2.24) is 20.0 Å². The van der Waals surface area contributed by atoms with Crippen LogP contribution in [0.15, 0.2) is 42.9 Å². The van der Waals surface area contributed by atoms with Crippen molar-refractivity contribution in [2.75, 3.05) is 32.7 Å². The third-order valence-corrected chi connectivity index (χ3v) is 4.24. The number of aromatic nitrogens is 4. The van der Waals surface area contributed by atoms with Gasteiger partial charge in [0.15, 0.2) is 0 Å². The van der Waals surface area contributed by atoms with Gasteiger partial charge in [-0.25, -0.2) is 9.78 Å². The monoisotopic (exact) mass is 451 g/mol. The number of esters is 1. The fourth-order valence-electron chi connectivity index (χ4n) is 2.77. The second-order valence-electron chi connectivity index (χ2n) is 6.47. The van der Waals surface area contributed by atoms with E-state index in [1.807, 2.05) is 0 Å². The van der Waals surface area contributed by atoms with E-state index < -0.39 is 23.6 Å². The van der Waals surface area contributed by atoms with Gasteiger partial charge in [-0.1, -0.05) is 0 Å². The summed E-state index contributed by atoms with van der Waals surface area (Å²) < 4.78 is 56.1. The standard InChI is InChI=1S/C20H20F3N5O4/c1-30-8-7-24-17-4-3-14(10-15(17)19(29)31-2)32-18-16(20(21,22)23)9-13(11-25-18)12-28-26-5-6-27-28/h3-6,9-11,24H,7-8,12H2,1-2H3. The minimum absolute atomic E-state index is 0.0116. The number of anilines is 1. The van der Waals surface area contributed by atoms with Crippen LogP contribution in [-0.2, 0) is 22.2 Å². The van der Waals surface area contributed by atoms with E-state index in [0.717, 1.165) is 6.07 Å². The first-order valence-electron chi connectivity index (χ1n) is 9.35. The molecule has 2 aromatic heterocycles. The van der Waals surface area contributed by atoms with Gasteiger partial charge in [0.25, 0.3) is 0 Å². The van der Waals surface area contributed by atoms with Crippen molar-refractivity contribution in [1.29, 1.82) is 0 Å². The molecule has 32 heavy (non-hydrogen) atoms. The number of halogens is 3. The Bertz CT molecular complexity index is 1060. The highest BCUT2D eigenvalue weighted by Crippen LogP contribution is 2.38. The van der Waals surface area contributed by atoms with Crippen molar-refractivity contribution in [3.63, 3.8) is 0 Å². The number of hydrogen-bond acceptors (Lipinski definition) is 8. The number of carbonyl (C=O) groups excluding carboxylic acids is 1. The summed E-state index contributed by atoms with van der Waals surface area (Å²) >= 11 is 0. The van der Waals surface area contributed by atoms with Crippen LogP contribution in [0.3, 0.4) is 0 Å². The molecule has 0 bridgehead atoms. The Morgan fingerprint density at radius 2 is 1.91 bits per heavy atom. The van der Waals surface area contributed by atoms with Crippen LogP contribution in [0.25, 0.3) is 0 Å². The second-order valence-corrected chi connectivity index (χ2v) is 6.47. The largest absolute Gasteiger partial charge is 0.465 e. The molecule has 1 aromatic carbocycles. The molecule has 0 saturated heterocycles. The first-order valence-corrected chi connectivity index (χ1v) is 9.35. The van der Waals surface area contributed by atoms with E-state index >= 15 is 0 Å². The molecule has 0 radical (unpaired) electrons. The lowest BCUT2D eigenvalue weighted by Crippen LogP contribution is -2.13. The van der Waals surface area contributed by atoms with Gasteiger partial charge >= 0.3 is 12.1 Å². The highest BCUT2D eigenvalue weighted by molar-refractivity contribution is 5.96. The first-order chi connectivity index (χ1) is 15.3. The fraction of sp³-hybridized carbons (Fsp3) is 0.300. The molecule has 12 heteroatoms. The van der Waals surface area contributed by atoms with Gasteiger partial charge in [0.2, 0.25) is 5.88 Å². The molecule has 0 saturated carbocycles. The van der Waals surface area contributed by atoms with Crippen molar-refractivity contribution in [2.24, 2.45) is 0 Å². The number of benzene rings is 1. The number of pyridine rings is 1. The second kappa shape index (κ2) is 10.1. The molecule has 3 aromatic rings. The summed E-state index contributed by atoms with van der Waals surface area (Å²) in [4.78, 5) is 17.2. The maximum Gasteiger partial charge on any atom is 0.421 e. The summed E-state index contributed by atoms with van der Waals surface area (Å²) in [7, 11) is 2.73. The molecule has 0 atom stereocenters. The van der Waals surface area contributed by atoms with E-state index in [9.17, 15) is 18.0 Å². The Hall–Kier alpha value is -3.67. The van der Waals surface area contributed by atoms with Crippen LogP contribution in [0.5, 0.6) is 11.6 Å². The van der Waals surface area contributed by atoms with Gasteiger partial charge in [-0.3, -0.25) is 0 Å². The summed E-state index contributed by atoms with van der Waals surface area (Å²) in [5, 5.41) is 10.7. The Morgan fingerprint density at radius 3 is 2.56 bits per heavy atom. The Morgan fingerprint density at radius 1 is 1.16 bits per heavy atom. The average Bonchev–Trinajstić information content (AvgIpc) is 3.27. The number of carbonyl (C=O) groups is 1. The lowest BCUT2D eigenvalue weighted by Gasteiger charge is -2.16. The van der Waals surface area contributed by atoms with Crippen molar-refractivity contribution in [3.05, 3.63) is 59.5 Å². The summed E-state index contributed by atoms with van der Waals surface area (Å²) in [6.45, 7) is 0.808. The number of ether oxygens (including phenoxy) is 3. The molecule has 9 nitrogen and oxygen atoms in total. The number of hydrogen-bond donors (Lipinski definition) is 1. The molecule has 0 aliphatic carbocycles. The van der Waals surface area contributed by atoms with E-state index in [1.54, 1.807) is 0 Å². The number of alkyl halides is 3. The van der Waals surface area contributed by atoms with Crippen LogP contribution in [-0.4, -0.2) is 53.3 Å². The van der Waals surface area contributed by atoms with E-state index in [1.165, 1.54) is 55.8 Å². The molecule has 0 amide bonds. The Kier molecular flexibility index (Phi) is 7.25. The quantitative estimate of drug-likeness (QED) is 0.390. The summed E-state index contributed by atoms with van der Waals surface area (Å²) in [5.74, 6) is -1.34. The van der Waals surface area contributed by atoms with Gasteiger partial charge < -0.3 is 19.5 Å². The highest BCUT2D eigenvalue weighted by atomic mass is 19.4. The predicted octanol–water partition coefficient (Wildman–Crippen LogP) is 3.38. The van der Waals surface area contributed by atoms with E-state index in [-0.39, 0.29) is 23.4 Å². The van der Waals surface area contributed by atoms with Crippen LogP contribution < -0.4 is 10.1 Å². The average molecular weight is 451 g/mol. The van der Waals surface area contributed by atoms with Crippen molar-refractivity contribution < 1.29 is 32.2 Å². The van der Waals surface area contributed by atoms with Crippen molar-refractivity contribution in [3.8, 4) is 11.6 Å². The minimum Gasteiger partial charge on any atom is -0.465 e. The summed E-state index contributed by atoms with van der Waals surface area (Å²) in [5.41, 5.74) is -0.304. The predicted molar refractivity (Wildman–Crippen MR) is 107 cm³/mol. The van der Waals surface area contributed by atoms with E-state index in [2.05, 4.69) is 20.5 Å². The zero-order valence-corrected chi connectivity index (χ0v) is 17.2. The Balaban J connectivity index is 1.90. The molecule has 0 unspecified atom stereocenters.